The third-order valence-electron chi connectivity index (χ3n) is 5.18. The predicted octanol–water partition coefficient (Wildman–Crippen LogP) is 2.23. The lowest BCUT2D eigenvalue weighted by molar-refractivity contribution is 0.0556. The second kappa shape index (κ2) is 5.49. The van der Waals surface area contributed by atoms with E-state index < -0.39 is 0 Å². The second-order valence-electron chi connectivity index (χ2n) is 6.88. The molecule has 0 amide bonds. The van der Waals surface area contributed by atoms with Gasteiger partial charge in [0.2, 0.25) is 0 Å². The Bertz CT molecular complexity index is 459. The minimum Gasteiger partial charge on any atom is -0.308 e. The van der Waals surface area contributed by atoms with E-state index in [1.807, 2.05) is 4.68 Å². The quantitative estimate of drug-likeness (QED) is 0.899. The molecule has 1 aromatic heterocycles. The van der Waals surface area contributed by atoms with Gasteiger partial charge in [-0.1, -0.05) is 19.3 Å². The first-order valence-electron chi connectivity index (χ1n) is 8.07. The van der Waals surface area contributed by atoms with Gasteiger partial charge in [0, 0.05) is 38.3 Å². The lowest BCUT2D eigenvalue weighted by Gasteiger charge is -2.49. The normalized spacial score (nSPS) is 27.1. The zero-order valence-corrected chi connectivity index (χ0v) is 13.2. The first-order valence-corrected chi connectivity index (χ1v) is 8.07. The summed E-state index contributed by atoms with van der Waals surface area (Å²) in [6.07, 6.45) is 6.89. The largest absolute Gasteiger partial charge is 0.308 e. The summed E-state index contributed by atoms with van der Waals surface area (Å²) in [6.45, 7) is 7.76. The highest BCUT2D eigenvalue weighted by Crippen LogP contribution is 2.32. The van der Waals surface area contributed by atoms with Crippen molar-refractivity contribution >= 4 is 0 Å². The summed E-state index contributed by atoms with van der Waals surface area (Å²) in [5.74, 6) is 0. The Morgan fingerprint density at radius 3 is 2.75 bits per heavy atom. The molecule has 112 valence electrons. The maximum Gasteiger partial charge on any atom is 0.0597 e. The molecule has 4 heteroatoms. The van der Waals surface area contributed by atoms with Crippen LogP contribution in [0.2, 0.25) is 0 Å². The van der Waals surface area contributed by atoms with Crippen LogP contribution in [0.1, 0.15) is 50.4 Å². The fourth-order valence-electron chi connectivity index (χ4n) is 3.89. The molecule has 0 radical (unpaired) electrons. The fraction of sp³-hybridized carbons (Fsp3) is 0.812. The lowest BCUT2D eigenvalue weighted by Crippen LogP contribution is -2.63. The van der Waals surface area contributed by atoms with E-state index in [-0.39, 0.29) is 0 Å². The third kappa shape index (κ3) is 2.77. The summed E-state index contributed by atoms with van der Waals surface area (Å²) in [5.41, 5.74) is 2.85. The summed E-state index contributed by atoms with van der Waals surface area (Å²) in [4.78, 5) is 2.65. The lowest BCUT2D eigenvalue weighted by atomic mass is 9.79. The number of aryl methyl sites for hydroxylation is 2. The van der Waals surface area contributed by atoms with Gasteiger partial charge in [-0.3, -0.25) is 9.58 Å². The molecule has 1 aromatic rings. The molecular weight excluding hydrogens is 248 g/mol. The summed E-state index contributed by atoms with van der Waals surface area (Å²) >= 11 is 0. The van der Waals surface area contributed by atoms with Crippen LogP contribution in [0.3, 0.4) is 0 Å². The summed E-state index contributed by atoms with van der Waals surface area (Å²) in [7, 11) is 2.06. The number of aromatic nitrogens is 2. The van der Waals surface area contributed by atoms with Crippen LogP contribution in [0.25, 0.3) is 0 Å². The van der Waals surface area contributed by atoms with Crippen molar-refractivity contribution in [2.45, 2.75) is 64.1 Å². The standard InChI is InChI=1S/C16H28N4/c1-13-9-15(19(3)18-13)11-20-12-16(17-10-14(20)2)7-5-4-6-8-16/h9,14,17H,4-8,10-12H2,1-3H3. The molecule has 0 aromatic carbocycles. The molecule has 3 rings (SSSR count). The first kappa shape index (κ1) is 14.1. The van der Waals surface area contributed by atoms with Crippen LogP contribution in [0.4, 0.5) is 0 Å². The summed E-state index contributed by atoms with van der Waals surface area (Å²) < 4.78 is 2.04. The van der Waals surface area contributed by atoms with Crippen molar-refractivity contribution in [3.05, 3.63) is 17.5 Å². The van der Waals surface area contributed by atoms with Crippen LogP contribution < -0.4 is 5.32 Å². The van der Waals surface area contributed by atoms with Gasteiger partial charge in [0.1, 0.15) is 0 Å². The average molecular weight is 276 g/mol. The van der Waals surface area contributed by atoms with Gasteiger partial charge in [-0.25, -0.2) is 0 Å². The molecular formula is C16H28N4. The summed E-state index contributed by atoms with van der Waals surface area (Å²) in [5, 5.41) is 8.34. The average Bonchev–Trinajstić information content (AvgIpc) is 2.74. The Hall–Kier alpha value is -0.870. The molecule has 1 unspecified atom stereocenters. The molecule has 1 saturated heterocycles. The number of hydrogen-bond donors (Lipinski definition) is 1. The van der Waals surface area contributed by atoms with Gasteiger partial charge in [-0.05, 0) is 32.8 Å². The summed E-state index contributed by atoms with van der Waals surface area (Å²) in [6, 6.07) is 2.83. The molecule has 1 saturated carbocycles. The van der Waals surface area contributed by atoms with Crippen LogP contribution in [-0.4, -0.2) is 39.4 Å². The van der Waals surface area contributed by atoms with E-state index in [1.54, 1.807) is 0 Å². The fourth-order valence-corrected chi connectivity index (χ4v) is 3.89. The van der Waals surface area contributed by atoms with E-state index in [4.69, 9.17) is 0 Å². The third-order valence-corrected chi connectivity index (χ3v) is 5.18. The van der Waals surface area contributed by atoms with E-state index in [2.05, 4.69) is 42.3 Å². The Labute approximate surface area is 122 Å². The van der Waals surface area contributed by atoms with E-state index in [9.17, 15) is 0 Å². The molecule has 1 aliphatic carbocycles. The number of nitrogens with one attached hydrogen (secondary N) is 1. The topological polar surface area (TPSA) is 33.1 Å². The van der Waals surface area contributed by atoms with Gasteiger partial charge in [-0.2, -0.15) is 5.10 Å². The van der Waals surface area contributed by atoms with Gasteiger partial charge in [-0.15, -0.1) is 0 Å². The highest BCUT2D eigenvalue weighted by atomic mass is 15.3. The van der Waals surface area contributed by atoms with E-state index in [1.165, 1.54) is 44.3 Å². The molecule has 1 spiro atoms. The molecule has 4 nitrogen and oxygen atoms in total. The molecule has 20 heavy (non-hydrogen) atoms. The Kier molecular flexibility index (Phi) is 3.87. The molecule has 1 N–H and O–H groups in total. The monoisotopic (exact) mass is 276 g/mol. The van der Waals surface area contributed by atoms with Crippen molar-refractivity contribution in [3.63, 3.8) is 0 Å². The molecule has 1 atom stereocenters. The van der Waals surface area contributed by atoms with Crippen LogP contribution in [0.5, 0.6) is 0 Å². The van der Waals surface area contributed by atoms with E-state index >= 15 is 0 Å². The Morgan fingerprint density at radius 2 is 2.10 bits per heavy atom. The van der Waals surface area contributed by atoms with Crippen molar-refractivity contribution in [2.75, 3.05) is 13.1 Å². The molecule has 2 heterocycles. The van der Waals surface area contributed by atoms with Gasteiger partial charge in [0.05, 0.1) is 11.4 Å². The molecule has 1 aliphatic heterocycles. The van der Waals surface area contributed by atoms with Gasteiger partial charge < -0.3 is 5.32 Å². The van der Waals surface area contributed by atoms with Crippen LogP contribution >= 0.6 is 0 Å². The van der Waals surface area contributed by atoms with Crippen molar-refractivity contribution in [1.29, 1.82) is 0 Å². The van der Waals surface area contributed by atoms with Crippen LogP contribution in [-0.2, 0) is 13.6 Å². The molecule has 2 aliphatic rings. The Morgan fingerprint density at radius 1 is 1.35 bits per heavy atom. The highest BCUT2D eigenvalue weighted by molar-refractivity contribution is 5.10. The van der Waals surface area contributed by atoms with Crippen molar-refractivity contribution < 1.29 is 0 Å². The maximum absolute atomic E-state index is 4.48. The van der Waals surface area contributed by atoms with Crippen LogP contribution in [0, 0.1) is 6.92 Å². The zero-order chi connectivity index (χ0) is 14.2. The van der Waals surface area contributed by atoms with Crippen LogP contribution in [0.15, 0.2) is 6.07 Å². The van der Waals surface area contributed by atoms with E-state index in [0.717, 1.165) is 18.8 Å². The van der Waals surface area contributed by atoms with Gasteiger partial charge >= 0.3 is 0 Å². The van der Waals surface area contributed by atoms with Crippen molar-refractivity contribution in [1.82, 2.24) is 20.0 Å². The number of rotatable bonds is 2. The van der Waals surface area contributed by atoms with Crippen molar-refractivity contribution in [3.8, 4) is 0 Å². The number of nitrogens with zero attached hydrogens (tertiary/aromatic N) is 3. The Balaban J connectivity index is 1.72. The molecule has 0 bridgehead atoms. The minimum atomic E-state index is 0.387. The van der Waals surface area contributed by atoms with Crippen molar-refractivity contribution in [2.24, 2.45) is 7.05 Å². The number of piperazine rings is 1. The number of hydrogen-bond acceptors (Lipinski definition) is 3. The highest BCUT2D eigenvalue weighted by Gasteiger charge is 2.38. The smallest absolute Gasteiger partial charge is 0.0597 e. The minimum absolute atomic E-state index is 0.387. The zero-order valence-electron chi connectivity index (χ0n) is 13.2. The van der Waals surface area contributed by atoms with Gasteiger partial charge in [0.25, 0.3) is 0 Å². The van der Waals surface area contributed by atoms with E-state index in [0.29, 0.717) is 11.6 Å². The van der Waals surface area contributed by atoms with Gasteiger partial charge in [0.15, 0.2) is 0 Å². The maximum atomic E-state index is 4.48. The first-order chi connectivity index (χ1) is 9.58. The second-order valence-corrected chi connectivity index (χ2v) is 6.88. The molecule has 2 fully saturated rings. The SMILES string of the molecule is Cc1cc(CN2CC3(CCCCC3)NCC2C)n(C)n1. The predicted molar refractivity (Wildman–Crippen MR) is 81.6 cm³/mol.